The number of carbonyl (C=O) groups is 2. The second kappa shape index (κ2) is 12.7. The number of nitrogens with one attached hydrogen (secondary N) is 2. The number of rotatable bonds is 6. The van der Waals surface area contributed by atoms with Gasteiger partial charge in [0.15, 0.2) is 5.13 Å². The normalized spacial score (nSPS) is 19.0. The van der Waals surface area contributed by atoms with E-state index in [0.29, 0.717) is 26.2 Å². The number of aliphatic carboxylic acids is 1. The second-order valence-electron chi connectivity index (χ2n) is 12.0. The van der Waals surface area contributed by atoms with E-state index in [4.69, 9.17) is 19.6 Å². The van der Waals surface area contributed by atoms with Crippen LogP contribution >= 0.6 is 11.3 Å². The number of fused-ring (bicyclic) bond motifs is 2. The van der Waals surface area contributed by atoms with E-state index < -0.39 is 22.2 Å². The summed E-state index contributed by atoms with van der Waals surface area (Å²) in [6.45, 7) is 6.50. The average Bonchev–Trinajstić information content (AvgIpc) is 3.57. The molecule has 2 aromatic carbocycles. The van der Waals surface area contributed by atoms with Crippen molar-refractivity contribution in [3.05, 3.63) is 64.2 Å². The Morgan fingerprint density at radius 1 is 1.20 bits per heavy atom. The van der Waals surface area contributed by atoms with E-state index in [1.807, 2.05) is 44.2 Å². The fourth-order valence-corrected chi connectivity index (χ4v) is 7.70. The third-order valence-corrected chi connectivity index (χ3v) is 10.0. The molecule has 3 aliphatic heterocycles. The van der Waals surface area contributed by atoms with Crippen molar-refractivity contribution in [2.45, 2.75) is 50.9 Å². The van der Waals surface area contributed by atoms with Crippen molar-refractivity contribution in [3.8, 4) is 0 Å². The topological polar surface area (TPSA) is 141 Å². The van der Waals surface area contributed by atoms with Gasteiger partial charge in [0.2, 0.25) is 10.0 Å². The molecule has 0 saturated carbocycles. The number of anilines is 4. The molecule has 0 aliphatic carbocycles. The van der Waals surface area contributed by atoms with E-state index >= 15 is 0 Å². The number of hydrogen-bond donors (Lipinski definition) is 3. The maximum Gasteiger partial charge on any atom is 0.490 e. The van der Waals surface area contributed by atoms with Gasteiger partial charge < -0.3 is 25.4 Å². The lowest BCUT2D eigenvalue weighted by molar-refractivity contribution is -0.192. The number of hydrogen-bond acceptors (Lipinski definition) is 9. The summed E-state index contributed by atoms with van der Waals surface area (Å²) in [6.07, 6.45) is -1.62. The largest absolute Gasteiger partial charge is 0.490 e. The Hall–Kier alpha value is -3.89. The number of sulfonamides is 1. The number of amides is 1. The third kappa shape index (κ3) is 7.73. The van der Waals surface area contributed by atoms with Gasteiger partial charge in [0.25, 0.3) is 5.91 Å². The van der Waals surface area contributed by atoms with Crippen LogP contribution in [0.25, 0.3) is 0 Å². The number of carboxylic acid groups (broad SMARTS) is 1. The zero-order valence-corrected chi connectivity index (χ0v) is 27.0. The number of halogens is 3. The highest BCUT2D eigenvalue weighted by molar-refractivity contribution is 7.92. The SMILES string of the molecule is CC1(C)Cc2nc(N3CCOCC3Cc3cccc(Nc4ccc5c(c4)CCN5S(C)(=O)=O)c3)sc2C(=O)N1.O=C(O)C(F)(F)F. The van der Waals surface area contributed by atoms with Gasteiger partial charge in [0.05, 0.1) is 36.9 Å². The fourth-order valence-electron chi connectivity index (χ4n) is 5.67. The van der Waals surface area contributed by atoms with Gasteiger partial charge in [0, 0.05) is 36.4 Å². The van der Waals surface area contributed by atoms with Gasteiger partial charge in [0.1, 0.15) is 4.88 Å². The molecular formula is C30H34F3N5O6S2. The number of morpholine rings is 1. The first-order valence-corrected chi connectivity index (χ1v) is 17.1. The number of carbonyl (C=O) groups excluding carboxylic acids is 1. The predicted molar refractivity (Wildman–Crippen MR) is 169 cm³/mol. The quantitative estimate of drug-likeness (QED) is 0.346. The van der Waals surface area contributed by atoms with Gasteiger partial charge in [-0.05, 0) is 68.1 Å². The van der Waals surface area contributed by atoms with E-state index in [0.717, 1.165) is 57.7 Å². The summed E-state index contributed by atoms with van der Waals surface area (Å²) in [5.41, 5.74) is 5.45. The van der Waals surface area contributed by atoms with E-state index in [1.54, 1.807) is 0 Å². The molecule has 1 fully saturated rings. The minimum atomic E-state index is -5.08. The first-order chi connectivity index (χ1) is 21.5. The van der Waals surface area contributed by atoms with E-state index in [9.17, 15) is 26.4 Å². The highest BCUT2D eigenvalue weighted by Gasteiger charge is 2.38. The predicted octanol–water partition coefficient (Wildman–Crippen LogP) is 4.35. The van der Waals surface area contributed by atoms with Crippen LogP contribution in [-0.4, -0.2) is 80.7 Å². The molecule has 0 radical (unpaired) electrons. The zero-order chi connectivity index (χ0) is 33.4. The Kier molecular flexibility index (Phi) is 9.26. The highest BCUT2D eigenvalue weighted by atomic mass is 32.2. The van der Waals surface area contributed by atoms with Crippen molar-refractivity contribution in [2.24, 2.45) is 0 Å². The summed E-state index contributed by atoms with van der Waals surface area (Å²) in [7, 11) is -3.27. The minimum Gasteiger partial charge on any atom is -0.475 e. The maximum atomic E-state index is 12.7. The first-order valence-electron chi connectivity index (χ1n) is 14.4. The summed E-state index contributed by atoms with van der Waals surface area (Å²) in [6, 6.07) is 14.3. The van der Waals surface area contributed by atoms with Crippen LogP contribution in [0.1, 0.15) is 40.3 Å². The van der Waals surface area contributed by atoms with E-state index in [-0.39, 0.29) is 17.5 Å². The number of ether oxygens (including phenoxy) is 1. The molecule has 1 amide bonds. The molecule has 6 rings (SSSR count). The number of aromatic nitrogens is 1. The van der Waals surface area contributed by atoms with Gasteiger partial charge in [-0.3, -0.25) is 9.10 Å². The van der Waals surface area contributed by atoms with Crippen molar-refractivity contribution in [1.82, 2.24) is 10.3 Å². The minimum absolute atomic E-state index is 0.0378. The Balaban J connectivity index is 0.000000537. The molecule has 1 saturated heterocycles. The van der Waals surface area contributed by atoms with Gasteiger partial charge in [-0.1, -0.05) is 23.5 Å². The number of benzene rings is 2. The second-order valence-corrected chi connectivity index (χ2v) is 14.9. The van der Waals surface area contributed by atoms with Gasteiger partial charge in [-0.25, -0.2) is 18.2 Å². The zero-order valence-electron chi connectivity index (χ0n) is 25.3. The van der Waals surface area contributed by atoms with Crippen LogP contribution in [0.5, 0.6) is 0 Å². The first kappa shape index (κ1) is 33.5. The molecule has 0 bridgehead atoms. The molecule has 1 unspecified atom stereocenters. The fraction of sp³-hybridized carbons (Fsp3) is 0.433. The standard InChI is InChI=1S/C28H33N5O4S2.C2HF3O2/c1-28(2)16-23-25(26(34)31-28)38-27(30-23)32-11-12-37-17-22(32)14-18-5-4-6-20(13-18)29-21-7-8-24-19(15-21)9-10-33(24)39(3,35)36;3-2(4,5)1(6)7/h4-8,13,15,22,29H,9-12,14,16-17H2,1-3H3,(H,31,34);(H,6,7). The van der Waals surface area contributed by atoms with Crippen molar-refractivity contribution in [2.75, 3.05) is 47.1 Å². The maximum absolute atomic E-state index is 12.7. The van der Waals surface area contributed by atoms with Crippen molar-refractivity contribution >= 4 is 55.4 Å². The van der Waals surface area contributed by atoms with Crippen LogP contribution in [0.4, 0.5) is 35.4 Å². The molecule has 0 spiro atoms. The number of alkyl halides is 3. The van der Waals surface area contributed by atoms with Crippen LogP contribution in [0, 0.1) is 0 Å². The molecular weight excluding hydrogens is 647 g/mol. The summed E-state index contributed by atoms with van der Waals surface area (Å²) in [4.78, 5) is 29.5. The molecule has 3 N–H and O–H groups in total. The lowest BCUT2D eigenvalue weighted by Gasteiger charge is -2.35. The summed E-state index contributed by atoms with van der Waals surface area (Å²) < 4.78 is 63.2. The Bertz CT molecular complexity index is 1740. The van der Waals surface area contributed by atoms with Crippen LogP contribution in [0.2, 0.25) is 0 Å². The summed E-state index contributed by atoms with van der Waals surface area (Å²) >= 11 is 1.47. The molecule has 248 valence electrons. The number of nitrogens with zero attached hydrogens (tertiary/aromatic N) is 3. The highest BCUT2D eigenvalue weighted by Crippen LogP contribution is 2.35. The Morgan fingerprint density at radius 2 is 1.91 bits per heavy atom. The average molecular weight is 682 g/mol. The van der Waals surface area contributed by atoms with Gasteiger partial charge in [-0.15, -0.1) is 0 Å². The van der Waals surface area contributed by atoms with Crippen molar-refractivity contribution in [1.29, 1.82) is 0 Å². The molecule has 1 atom stereocenters. The molecule has 3 aromatic rings. The van der Waals surface area contributed by atoms with Crippen LogP contribution in [-0.2, 0) is 38.8 Å². The monoisotopic (exact) mass is 681 g/mol. The molecule has 16 heteroatoms. The summed E-state index contributed by atoms with van der Waals surface area (Å²) in [5, 5.41) is 14.6. The van der Waals surface area contributed by atoms with Crippen LogP contribution in [0.3, 0.4) is 0 Å². The van der Waals surface area contributed by atoms with Crippen molar-refractivity contribution < 1.29 is 41.0 Å². The number of thiazole rings is 1. The molecule has 3 aliphatic rings. The lowest BCUT2D eigenvalue weighted by Crippen LogP contribution is -2.48. The summed E-state index contributed by atoms with van der Waals surface area (Å²) in [5.74, 6) is -2.79. The van der Waals surface area contributed by atoms with Crippen molar-refractivity contribution in [3.63, 3.8) is 0 Å². The molecule has 1 aromatic heterocycles. The molecule has 46 heavy (non-hydrogen) atoms. The lowest BCUT2D eigenvalue weighted by atomic mass is 9.94. The van der Waals surface area contributed by atoms with Crippen LogP contribution in [0.15, 0.2) is 42.5 Å². The Morgan fingerprint density at radius 3 is 2.61 bits per heavy atom. The Labute approximate surface area is 268 Å². The number of carboxylic acids is 1. The van der Waals surface area contributed by atoms with E-state index in [1.165, 1.54) is 27.5 Å². The smallest absolute Gasteiger partial charge is 0.475 e. The van der Waals surface area contributed by atoms with Crippen LogP contribution < -0.4 is 19.8 Å². The van der Waals surface area contributed by atoms with Gasteiger partial charge in [-0.2, -0.15) is 13.2 Å². The van der Waals surface area contributed by atoms with Gasteiger partial charge >= 0.3 is 12.1 Å². The third-order valence-electron chi connectivity index (χ3n) is 7.69. The molecule has 11 nitrogen and oxygen atoms in total. The van der Waals surface area contributed by atoms with E-state index in [2.05, 4.69) is 27.7 Å². The molecule has 4 heterocycles.